The molecule has 1 amide bonds. The predicted octanol–water partition coefficient (Wildman–Crippen LogP) is 6.46. The van der Waals surface area contributed by atoms with Gasteiger partial charge in [0.1, 0.15) is 42.2 Å². The highest BCUT2D eigenvalue weighted by Gasteiger charge is 2.07. The molecule has 0 fully saturated rings. The molecule has 0 unspecified atom stereocenters. The van der Waals surface area contributed by atoms with Gasteiger partial charge in [0.25, 0.3) is 5.91 Å². The molecule has 0 atom stereocenters. The summed E-state index contributed by atoms with van der Waals surface area (Å²) < 4.78 is 11.5. The molecule has 0 saturated carbocycles. The zero-order chi connectivity index (χ0) is 27.0. The summed E-state index contributed by atoms with van der Waals surface area (Å²) in [6.45, 7) is 1.06. The van der Waals surface area contributed by atoms with Crippen molar-refractivity contribution in [3.8, 4) is 17.6 Å². The molecule has 0 aliphatic carbocycles. The molecule has 0 spiro atoms. The molecule has 0 saturated heterocycles. The number of rotatable bonds is 7. The zero-order valence-electron chi connectivity index (χ0n) is 21.1. The Labute approximate surface area is 225 Å². The number of carbonyl (C=O) groups excluding carboxylic acids is 1. The van der Waals surface area contributed by atoms with Crippen molar-refractivity contribution in [1.29, 1.82) is 5.26 Å². The Kier molecular flexibility index (Phi) is 7.56. The summed E-state index contributed by atoms with van der Waals surface area (Å²) in [5, 5.41) is 10.7. The highest BCUT2D eigenvalue weighted by atomic mass is 16.5. The quantitative estimate of drug-likeness (QED) is 0.226. The molecule has 2 heterocycles. The van der Waals surface area contributed by atoms with Gasteiger partial charge in [-0.25, -0.2) is 0 Å². The van der Waals surface area contributed by atoms with Crippen molar-refractivity contribution in [2.45, 2.75) is 13.2 Å². The second-order valence-corrected chi connectivity index (χ2v) is 8.89. The number of hydrogen-bond acceptors (Lipinski definition) is 4. The lowest BCUT2D eigenvalue weighted by molar-refractivity contribution is 0.0996. The van der Waals surface area contributed by atoms with Crippen LogP contribution in [0.2, 0.25) is 0 Å². The Morgan fingerprint density at radius 3 is 1.72 bits per heavy atom. The van der Waals surface area contributed by atoms with Gasteiger partial charge in [-0.2, -0.15) is 5.26 Å². The van der Waals surface area contributed by atoms with E-state index in [1.165, 1.54) is 0 Å². The van der Waals surface area contributed by atoms with Crippen LogP contribution in [0.15, 0.2) is 109 Å². The van der Waals surface area contributed by atoms with E-state index in [9.17, 15) is 4.79 Å². The molecule has 4 N–H and O–H groups in total. The lowest BCUT2D eigenvalue weighted by atomic mass is 10.2. The van der Waals surface area contributed by atoms with Crippen LogP contribution in [0.3, 0.4) is 0 Å². The van der Waals surface area contributed by atoms with Gasteiger partial charge in [-0.3, -0.25) is 4.79 Å². The van der Waals surface area contributed by atoms with Crippen molar-refractivity contribution < 1.29 is 14.3 Å². The molecule has 7 nitrogen and oxygen atoms in total. The summed E-state index contributed by atoms with van der Waals surface area (Å²) in [7, 11) is 0. The molecule has 39 heavy (non-hydrogen) atoms. The van der Waals surface area contributed by atoms with Crippen molar-refractivity contribution in [2.75, 3.05) is 0 Å². The van der Waals surface area contributed by atoms with Crippen LogP contribution in [-0.4, -0.2) is 15.9 Å². The Morgan fingerprint density at radius 1 is 0.692 bits per heavy atom. The third-order valence-corrected chi connectivity index (χ3v) is 6.07. The number of carbonyl (C=O) groups is 1. The standard InChI is InChI=1S/C16H14N2O2.C16H12N2O/c17-16(19)15-9-12-8-13(6-7-14(12)18-15)20-10-11-4-2-1-3-5-11;17-10-14-8-13-9-15(6-7-16(13)18-14)19-11-12-4-2-1-3-5-12/h1-9,18H,10H2,(H2,17,19);1-9,18H,11H2. The van der Waals surface area contributed by atoms with Gasteiger partial charge >= 0.3 is 0 Å². The maximum atomic E-state index is 11.1. The van der Waals surface area contributed by atoms with E-state index < -0.39 is 5.91 Å². The number of nitrogens with two attached hydrogens (primary N) is 1. The van der Waals surface area contributed by atoms with Crippen LogP contribution in [0.1, 0.15) is 27.3 Å². The molecular weight excluding hydrogens is 488 g/mol. The van der Waals surface area contributed by atoms with Crippen molar-refractivity contribution in [3.05, 3.63) is 132 Å². The van der Waals surface area contributed by atoms with E-state index in [-0.39, 0.29) is 0 Å². The second kappa shape index (κ2) is 11.7. The largest absolute Gasteiger partial charge is 0.489 e. The minimum Gasteiger partial charge on any atom is -0.489 e. The fraction of sp³-hybridized carbons (Fsp3) is 0.0625. The zero-order valence-corrected chi connectivity index (χ0v) is 21.1. The fourth-order valence-corrected chi connectivity index (χ4v) is 4.08. The first-order chi connectivity index (χ1) is 19.1. The van der Waals surface area contributed by atoms with Crippen molar-refractivity contribution in [3.63, 3.8) is 0 Å². The second-order valence-electron chi connectivity index (χ2n) is 8.89. The van der Waals surface area contributed by atoms with Crippen LogP contribution < -0.4 is 15.2 Å². The van der Waals surface area contributed by atoms with Gasteiger partial charge in [0.05, 0.1) is 0 Å². The first-order valence-corrected chi connectivity index (χ1v) is 12.4. The van der Waals surface area contributed by atoms with Crippen molar-refractivity contribution in [2.24, 2.45) is 5.73 Å². The normalized spacial score (nSPS) is 10.4. The summed E-state index contributed by atoms with van der Waals surface area (Å²) in [5.41, 5.74) is 10.3. The lowest BCUT2D eigenvalue weighted by Gasteiger charge is -2.06. The summed E-state index contributed by atoms with van der Waals surface area (Å²) >= 11 is 0. The highest BCUT2D eigenvalue weighted by Crippen LogP contribution is 2.23. The number of ether oxygens (including phenoxy) is 2. The lowest BCUT2D eigenvalue weighted by Crippen LogP contribution is -2.10. The number of fused-ring (bicyclic) bond motifs is 2. The highest BCUT2D eigenvalue weighted by molar-refractivity contribution is 5.97. The number of H-pyrrole nitrogens is 2. The van der Waals surface area contributed by atoms with Crippen LogP contribution in [0, 0.1) is 11.3 Å². The van der Waals surface area contributed by atoms with Crippen molar-refractivity contribution >= 4 is 27.7 Å². The smallest absolute Gasteiger partial charge is 0.265 e. The topological polar surface area (TPSA) is 117 Å². The van der Waals surface area contributed by atoms with Gasteiger partial charge in [0.2, 0.25) is 0 Å². The van der Waals surface area contributed by atoms with Gasteiger partial charge in [0.15, 0.2) is 0 Å². The van der Waals surface area contributed by atoms with Crippen molar-refractivity contribution in [1.82, 2.24) is 9.97 Å². The predicted molar refractivity (Wildman–Crippen MR) is 151 cm³/mol. The third-order valence-electron chi connectivity index (χ3n) is 6.07. The van der Waals surface area contributed by atoms with Gasteiger partial charge in [-0.15, -0.1) is 0 Å². The van der Waals surface area contributed by atoms with E-state index in [4.69, 9.17) is 20.5 Å². The molecule has 7 heteroatoms. The molecule has 0 aliphatic heterocycles. The number of nitriles is 1. The SMILES string of the molecule is N#Cc1cc2cc(OCc3ccccc3)ccc2[nH]1.NC(=O)c1cc2cc(OCc3ccccc3)ccc2[nH]1. The minimum atomic E-state index is -0.465. The number of amides is 1. The van der Waals surface area contributed by atoms with Crippen LogP contribution in [0.4, 0.5) is 0 Å². The molecule has 0 aliphatic rings. The number of benzene rings is 4. The molecule has 4 aromatic carbocycles. The van der Waals surface area contributed by atoms with Gasteiger partial charge in [-0.1, -0.05) is 60.7 Å². The molecule has 6 rings (SSSR count). The Morgan fingerprint density at radius 2 is 1.21 bits per heavy atom. The summed E-state index contributed by atoms with van der Waals surface area (Å²) in [5.74, 6) is 1.10. The minimum absolute atomic E-state index is 0.403. The molecule has 0 bridgehead atoms. The average molecular weight is 515 g/mol. The number of aromatic nitrogens is 2. The van der Waals surface area contributed by atoms with E-state index in [1.807, 2.05) is 103 Å². The fourth-order valence-electron chi connectivity index (χ4n) is 4.08. The Bertz CT molecular complexity index is 1750. The maximum absolute atomic E-state index is 11.1. The first-order valence-electron chi connectivity index (χ1n) is 12.4. The first kappa shape index (κ1) is 25.2. The van der Waals surface area contributed by atoms with E-state index in [1.54, 1.807) is 6.07 Å². The van der Waals surface area contributed by atoms with E-state index in [2.05, 4.69) is 16.0 Å². The number of aromatic amines is 2. The van der Waals surface area contributed by atoms with Crippen LogP contribution >= 0.6 is 0 Å². The Balaban J connectivity index is 0.000000158. The maximum Gasteiger partial charge on any atom is 0.265 e. The van der Waals surface area contributed by atoms with Gasteiger partial charge in [-0.05, 0) is 59.7 Å². The summed E-state index contributed by atoms with van der Waals surface area (Å²) in [4.78, 5) is 17.1. The number of nitrogens with one attached hydrogen (secondary N) is 2. The van der Waals surface area contributed by atoms with Crippen LogP contribution in [0.25, 0.3) is 21.8 Å². The van der Waals surface area contributed by atoms with E-state index >= 15 is 0 Å². The van der Waals surface area contributed by atoms with Crippen LogP contribution in [0.5, 0.6) is 11.5 Å². The van der Waals surface area contributed by atoms with Gasteiger partial charge < -0.3 is 25.2 Å². The molecule has 0 radical (unpaired) electrons. The summed E-state index contributed by atoms with van der Waals surface area (Å²) in [6.07, 6.45) is 0. The van der Waals surface area contributed by atoms with E-state index in [0.29, 0.717) is 24.6 Å². The number of nitrogens with zero attached hydrogens (tertiary/aromatic N) is 1. The molecule has 6 aromatic rings. The number of primary amides is 1. The summed E-state index contributed by atoms with van der Waals surface area (Å²) in [6, 6.07) is 37.0. The van der Waals surface area contributed by atoms with Gasteiger partial charge in [0, 0.05) is 21.8 Å². The number of hydrogen-bond donors (Lipinski definition) is 3. The average Bonchev–Trinajstić information content (AvgIpc) is 3.60. The van der Waals surface area contributed by atoms with Crippen LogP contribution in [-0.2, 0) is 13.2 Å². The van der Waals surface area contributed by atoms with E-state index in [0.717, 1.165) is 44.4 Å². The molecule has 2 aromatic heterocycles. The Hall–Kier alpha value is -5.48. The third kappa shape index (κ3) is 6.45. The monoisotopic (exact) mass is 514 g/mol. The molecule has 192 valence electrons. The molecular formula is C32H26N4O3.